The van der Waals surface area contributed by atoms with E-state index in [-0.39, 0.29) is 6.04 Å². The molecule has 0 bridgehead atoms. The van der Waals surface area contributed by atoms with Crippen molar-refractivity contribution in [2.24, 2.45) is 5.73 Å². The molecule has 3 rings (SSSR count). The Bertz CT molecular complexity index is 648. The molecule has 1 aromatic rings. The predicted molar refractivity (Wildman–Crippen MR) is 96.3 cm³/mol. The predicted octanol–water partition coefficient (Wildman–Crippen LogP) is 2.57. The number of benzene rings is 1. The average molecular weight is 366 g/mol. The van der Waals surface area contributed by atoms with E-state index >= 15 is 0 Å². The number of carboxylic acids is 1. The molecule has 1 saturated carbocycles. The summed E-state index contributed by atoms with van der Waals surface area (Å²) in [6.45, 7) is 0.608. The third-order valence-electron chi connectivity index (χ3n) is 4.23. The summed E-state index contributed by atoms with van der Waals surface area (Å²) in [5.41, 5.74) is 5.75. The lowest BCUT2D eigenvalue weighted by Gasteiger charge is -2.30. The summed E-state index contributed by atoms with van der Waals surface area (Å²) < 4.78 is 4.81. The highest BCUT2D eigenvalue weighted by Crippen LogP contribution is 2.26. The lowest BCUT2D eigenvalue weighted by molar-refractivity contribution is -0.147. The number of aliphatic carboxylic acids is 1. The zero-order chi connectivity index (χ0) is 18.3. The van der Waals surface area contributed by atoms with Gasteiger partial charge in [0.1, 0.15) is 5.60 Å². The quantitative estimate of drug-likeness (QED) is 0.665. The van der Waals surface area contributed by atoms with Crippen LogP contribution in [0.2, 0.25) is 5.02 Å². The number of carboxylic acid groups (broad SMARTS) is 1. The molecule has 136 valence electrons. The summed E-state index contributed by atoms with van der Waals surface area (Å²) in [5.74, 6) is 5.08. The number of nitrogens with two attached hydrogens (primary N) is 1. The maximum Gasteiger partial charge on any atom is 0.332 e. The van der Waals surface area contributed by atoms with Gasteiger partial charge in [0.15, 0.2) is 6.10 Å². The van der Waals surface area contributed by atoms with E-state index in [4.69, 9.17) is 27.2 Å². The SMILES string of the molecule is N[C@@H]1CCC[C@](O)(C#Cc2cccc(Cl)c2)C1.O=C(O)[C@@H]1CCCO1. The van der Waals surface area contributed by atoms with Gasteiger partial charge < -0.3 is 20.7 Å². The summed E-state index contributed by atoms with van der Waals surface area (Å²) >= 11 is 5.87. The first-order valence-corrected chi connectivity index (χ1v) is 8.87. The fourth-order valence-corrected chi connectivity index (χ4v) is 3.13. The number of hydrogen-bond acceptors (Lipinski definition) is 4. The molecule has 0 spiro atoms. The van der Waals surface area contributed by atoms with Crippen molar-refractivity contribution in [3.63, 3.8) is 0 Å². The first-order chi connectivity index (χ1) is 11.9. The smallest absolute Gasteiger partial charge is 0.332 e. The molecule has 1 saturated heterocycles. The topological polar surface area (TPSA) is 92.8 Å². The highest BCUT2D eigenvalue weighted by Gasteiger charge is 2.30. The summed E-state index contributed by atoms with van der Waals surface area (Å²) in [5, 5.41) is 19.2. The van der Waals surface area contributed by atoms with E-state index in [9.17, 15) is 9.90 Å². The summed E-state index contributed by atoms with van der Waals surface area (Å²) in [4.78, 5) is 10.1. The van der Waals surface area contributed by atoms with Crippen molar-refractivity contribution in [2.45, 2.75) is 56.3 Å². The van der Waals surface area contributed by atoms with Gasteiger partial charge in [0, 0.05) is 29.7 Å². The van der Waals surface area contributed by atoms with Crippen molar-refractivity contribution in [3.05, 3.63) is 34.9 Å². The molecule has 0 aromatic heterocycles. The maximum absolute atomic E-state index is 10.3. The summed E-state index contributed by atoms with van der Waals surface area (Å²) in [7, 11) is 0. The minimum atomic E-state index is -0.931. The van der Waals surface area contributed by atoms with Gasteiger partial charge in [0.2, 0.25) is 0 Å². The van der Waals surface area contributed by atoms with E-state index in [1.165, 1.54) is 0 Å². The fraction of sp³-hybridized carbons (Fsp3) is 0.526. The number of halogens is 1. The Hall–Kier alpha value is -1.58. The Labute approximate surface area is 153 Å². The van der Waals surface area contributed by atoms with Crippen LogP contribution in [0.4, 0.5) is 0 Å². The Morgan fingerprint density at radius 3 is 2.72 bits per heavy atom. The van der Waals surface area contributed by atoms with E-state index in [0.717, 1.165) is 24.8 Å². The van der Waals surface area contributed by atoms with Crippen LogP contribution in [-0.2, 0) is 9.53 Å². The number of rotatable bonds is 1. The third kappa shape index (κ3) is 6.68. The Kier molecular flexibility index (Phi) is 7.27. The van der Waals surface area contributed by atoms with E-state index in [2.05, 4.69) is 11.8 Å². The summed E-state index contributed by atoms with van der Waals surface area (Å²) in [6, 6.07) is 7.38. The van der Waals surface area contributed by atoms with Gasteiger partial charge in [-0.1, -0.05) is 29.5 Å². The largest absolute Gasteiger partial charge is 0.479 e. The number of carbonyl (C=O) groups is 1. The molecule has 1 heterocycles. The number of ether oxygens (including phenoxy) is 1. The maximum atomic E-state index is 10.3. The van der Waals surface area contributed by atoms with Gasteiger partial charge in [-0.2, -0.15) is 0 Å². The lowest BCUT2D eigenvalue weighted by Crippen LogP contribution is -2.40. The molecule has 2 fully saturated rings. The molecule has 4 N–H and O–H groups in total. The second-order valence-corrected chi connectivity index (χ2v) is 6.92. The Morgan fingerprint density at radius 2 is 2.16 bits per heavy atom. The van der Waals surface area contributed by atoms with Gasteiger partial charge in [-0.05, 0) is 50.3 Å². The minimum Gasteiger partial charge on any atom is -0.479 e. The van der Waals surface area contributed by atoms with Gasteiger partial charge in [-0.25, -0.2) is 4.79 Å². The van der Waals surface area contributed by atoms with Gasteiger partial charge in [-0.15, -0.1) is 0 Å². The van der Waals surface area contributed by atoms with Crippen LogP contribution >= 0.6 is 11.6 Å². The van der Waals surface area contributed by atoms with Crippen LogP contribution in [-0.4, -0.2) is 40.5 Å². The van der Waals surface area contributed by atoms with Crippen LogP contribution in [0.1, 0.15) is 44.1 Å². The zero-order valence-electron chi connectivity index (χ0n) is 14.1. The van der Waals surface area contributed by atoms with Crippen LogP contribution in [0, 0.1) is 11.8 Å². The number of hydrogen-bond donors (Lipinski definition) is 3. The molecular weight excluding hydrogens is 342 g/mol. The first-order valence-electron chi connectivity index (χ1n) is 8.49. The van der Waals surface area contributed by atoms with Crippen molar-refractivity contribution in [3.8, 4) is 11.8 Å². The van der Waals surface area contributed by atoms with E-state index < -0.39 is 17.7 Å². The van der Waals surface area contributed by atoms with Crippen molar-refractivity contribution in [2.75, 3.05) is 6.61 Å². The van der Waals surface area contributed by atoms with Gasteiger partial charge in [0.25, 0.3) is 0 Å². The van der Waals surface area contributed by atoms with Crippen LogP contribution in [0.5, 0.6) is 0 Å². The molecular formula is C19H24ClNO4. The highest BCUT2D eigenvalue weighted by atomic mass is 35.5. The van der Waals surface area contributed by atoms with Crippen molar-refractivity contribution in [1.29, 1.82) is 0 Å². The molecule has 0 radical (unpaired) electrons. The monoisotopic (exact) mass is 365 g/mol. The average Bonchev–Trinajstić information content (AvgIpc) is 3.08. The standard InChI is InChI=1S/C14H16ClNO.C5H8O3/c15-12-4-1-3-11(9-12)6-8-14(17)7-2-5-13(16)10-14;6-5(7)4-2-1-3-8-4/h1,3-4,9,13,17H,2,5,7,10,16H2;4H,1-3H2,(H,6,7)/t13-,14+;4-/m10/s1. The van der Waals surface area contributed by atoms with Crippen LogP contribution in [0.15, 0.2) is 24.3 Å². The molecule has 0 amide bonds. The lowest BCUT2D eigenvalue weighted by atomic mass is 9.82. The molecule has 1 aromatic carbocycles. The highest BCUT2D eigenvalue weighted by molar-refractivity contribution is 6.30. The number of aliphatic hydroxyl groups is 1. The molecule has 6 heteroatoms. The first kappa shape index (κ1) is 19.7. The van der Waals surface area contributed by atoms with Crippen molar-refractivity contribution < 1.29 is 19.7 Å². The molecule has 2 aliphatic rings. The van der Waals surface area contributed by atoms with Crippen LogP contribution in [0.3, 0.4) is 0 Å². The second-order valence-electron chi connectivity index (χ2n) is 6.49. The molecule has 0 unspecified atom stereocenters. The third-order valence-corrected chi connectivity index (χ3v) is 4.47. The van der Waals surface area contributed by atoms with Crippen LogP contribution in [0.25, 0.3) is 0 Å². The van der Waals surface area contributed by atoms with Gasteiger partial charge in [-0.3, -0.25) is 0 Å². The molecule has 1 aliphatic carbocycles. The van der Waals surface area contributed by atoms with Crippen molar-refractivity contribution >= 4 is 17.6 Å². The molecule has 25 heavy (non-hydrogen) atoms. The molecule has 5 nitrogen and oxygen atoms in total. The van der Waals surface area contributed by atoms with Crippen LogP contribution < -0.4 is 5.73 Å². The Morgan fingerprint density at radius 1 is 1.36 bits per heavy atom. The second kappa shape index (κ2) is 9.21. The Balaban J connectivity index is 0.000000236. The normalized spacial score (nSPS) is 28.3. The molecule has 3 atom stereocenters. The minimum absolute atomic E-state index is 0.0578. The summed E-state index contributed by atoms with van der Waals surface area (Å²) in [6.07, 6.45) is 4.21. The zero-order valence-corrected chi connectivity index (χ0v) is 14.8. The fourth-order valence-electron chi connectivity index (χ4n) is 2.94. The van der Waals surface area contributed by atoms with E-state index in [0.29, 0.717) is 30.9 Å². The van der Waals surface area contributed by atoms with E-state index in [1.807, 2.05) is 12.1 Å². The van der Waals surface area contributed by atoms with Gasteiger partial charge in [0.05, 0.1) is 0 Å². The van der Waals surface area contributed by atoms with Gasteiger partial charge >= 0.3 is 5.97 Å². The van der Waals surface area contributed by atoms with Crippen molar-refractivity contribution in [1.82, 2.24) is 0 Å². The molecule has 1 aliphatic heterocycles. The van der Waals surface area contributed by atoms with E-state index in [1.54, 1.807) is 12.1 Å².